The van der Waals surface area contributed by atoms with E-state index in [-0.39, 0.29) is 12.5 Å². The second kappa shape index (κ2) is 4.14. The number of benzene rings is 1. The zero-order valence-corrected chi connectivity index (χ0v) is 9.17. The predicted octanol–water partition coefficient (Wildman–Crippen LogP) is 0.663. The molecule has 1 heterocycles. The number of aromatic nitrogens is 2. The molecule has 6 nitrogen and oxygen atoms in total. The van der Waals surface area contributed by atoms with Gasteiger partial charge in [0.05, 0.1) is 18.2 Å². The maximum atomic E-state index is 11.2. The van der Waals surface area contributed by atoms with Crippen LogP contribution in [0.15, 0.2) is 18.2 Å². The number of methoxy groups -OCH3 is 1. The maximum absolute atomic E-state index is 11.2. The summed E-state index contributed by atoms with van der Waals surface area (Å²) in [6.07, 6.45) is 0. The van der Waals surface area contributed by atoms with E-state index in [1.165, 1.54) is 11.7 Å². The van der Waals surface area contributed by atoms with Crippen molar-refractivity contribution < 1.29 is 9.53 Å². The summed E-state index contributed by atoms with van der Waals surface area (Å²) >= 11 is 0. The lowest BCUT2D eigenvalue weighted by atomic mass is 10.2. The van der Waals surface area contributed by atoms with Crippen LogP contribution in [0.2, 0.25) is 0 Å². The Kier molecular flexibility index (Phi) is 2.66. The minimum atomic E-state index is -0.418. The van der Waals surface area contributed by atoms with Crippen molar-refractivity contribution in [3.05, 3.63) is 23.8 Å². The zero-order chi connectivity index (χ0) is 12.4. The highest BCUT2D eigenvalue weighted by molar-refractivity contribution is 5.85. The Morgan fingerprint density at radius 2 is 2.41 bits per heavy atom. The van der Waals surface area contributed by atoms with Gasteiger partial charge in [-0.25, -0.2) is 4.98 Å². The van der Waals surface area contributed by atoms with Crippen LogP contribution in [-0.2, 0) is 16.1 Å². The van der Waals surface area contributed by atoms with E-state index in [2.05, 4.69) is 9.72 Å². The van der Waals surface area contributed by atoms with Crippen LogP contribution in [-0.4, -0.2) is 22.6 Å². The number of fused-ring (bicyclic) bond motifs is 1. The van der Waals surface area contributed by atoms with Crippen molar-refractivity contribution >= 4 is 23.0 Å². The fraction of sp³-hybridized carbons (Fsp3) is 0.182. The Balaban J connectivity index is 2.61. The number of para-hydroxylation sites is 1. The van der Waals surface area contributed by atoms with E-state index < -0.39 is 5.97 Å². The number of nitrogens with zero attached hydrogens (tertiary/aromatic N) is 3. The van der Waals surface area contributed by atoms with Crippen molar-refractivity contribution in [2.75, 3.05) is 12.8 Å². The molecule has 86 valence electrons. The van der Waals surface area contributed by atoms with Gasteiger partial charge < -0.3 is 10.5 Å². The molecule has 1 aromatic carbocycles. The number of hydrogen-bond acceptors (Lipinski definition) is 5. The first-order valence-corrected chi connectivity index (χ1v) is 4.89. The van der Waals surface area contributed by atoms with Gasteiger partial charge in [-0.05, 0) is 12.1 Å². The molecule has 0 aliphatic carbocycles. The van der Waals surface area contributed by atoms with E-state index in [1.807, 2.05) is 6.07 Å². The van der Waals surface area contributed by atoms with Crippen molar-refractivity contribution in [3.8, 4) is 6.07 Å². The first-order chi connectivity index (χ1) is 8.17. The number of nitriles is 1. The first-order valence-electron chi connectivity index (χ1n) is 4.89. The fourth-order valence-corrected chi connectivity index (χ4v) is 1.61. The summed E-state index contributed by atoms with van der Waals surface area (Å²) in [5.41, 5.74) is 7.29. The Bertz CT molecular complexity index is 624. The normalized spacial score (nSPS) is 10.1. The lowest BCUT2D eigenvalue weighted by Gasteiger charge is -2.04. The van der Waals surface area contributed by atoms with Crippen LogP contribution in [0.1, 0.15) is 5.56 Å². The lowest BCUT2D eigenvalue weighted by molar-refractivity contribution is -0.141. The monoisotopic (exact) mass is 230 g/mol. The zero-order valence-electron chi connectivity index (χ0n) is 9.17. The topological polar surface area (TPSA) is 93.9 Å². The molecule has 0 saturated carbocycles. The van der Waals surface area contributed by atoms with Crippen molar-refractivity contribution in [2.24, 2.45) is 0 Å². The molecular weight excluding hydrogens is 220 g/mol. The van der Waals surface area contributed by atoms with Crippen molar-refractivity contribution in [3.63, 3.8) is 0 Å². The van der Waals surface area contributed by atoms with E-state index in [0.717, 1.165) is 0 Å². The Morgan fingerprint density at radius 1 is 1.65 bits per heavy atom. The van der Waals surface area contributed by atoms with Crippen molar-refractivity contribution in [1.29, 1.82) is 5.26 Å². The number of ether oxygens (including phenoxy) is 1. The lowest BCUT2D eigenvalue weighted by Crippen LogP contribution is -2.13. The molecule has 17 heavy (non-hydrogen) atoms. The van der Waals surface area contributed by atoms with Gasteiger partial charge in [-0.1, -0.05) is 6.07 Å². The Morgan fingerprint density at radius 3 is 3.06 bits per heavy atom. The van der Waals surface area contributed by atoms with Gasteiger partial charge in [0.25, 0.3) is 0 Å². The summed E-state index contributed by atoms with van der Waals surface area (Å²) in [4.78, 5) is 15.3. The average Bonchev–Trinajstić information content (AvgIpc) is 2.66. The number of rotatable bonds is 2. The van der Waals surface area contributed by atoms with Gasteiger partial charge in [0.2, 0.25) is 5.95 Å². The van der Waals surface area contributed by atoms with Gasteiger partial charge in [-0.2, -0.15) is 5.26 Å². The van der Waals surface area contributed by atoms with Crippen molar-refractivity contribution in [2.45, 2.75) is 6.54 Å². The van der Waals surface area contributed by atoms with Gasteiger partial charge in [-0.3, -0.25) is 9.36 Å². The first kappa shape index (κ1) is 11.0. The van der Waals surface area contributed by atoms with Gasteiger partial charge in [-0.15, -0.1) is 0 Å². The molecule has 2 aromatic rings. The standard InChI is InChI=1S/C11H10N4O2/c1-17-9(16)6-15-8-4-2-3-7(5-12)10(8)14-11(15)13/h2-4H,6H2,1H3,(H2,13,14). The average molecular weight is 230 g/mol. The molecule has 0 aliphatic rings. The summed E-state index contributed by atoms with van der Waals surface area (Å²) in [6, 6.07) is 7.15. The number of hydrogen-bond donors (Lipinski definition) is 1. The number of carbonyl (C=O) groups excluding carboxylic acids is 1. The smallest absolute Gasteiger partial charge is 0.325 e. The third-order valence-corrected chi connectivity index (χ3v) is 2.44. The number of anilines is 1. The molecule has 0 aliphatic heterocycles. The minimum absolute atomic E-state index is 0.0201. The molecule has 0 radical (unpaired) electrons. The number of nitrogens with two attached hydrogens (primary N) is 1. The van der Waals surface area contributed by atoms with Crippen LogP contribution in [0, 0.1) is 11.3 Å². The molecule has 6 heteroatoms. The van der Waals surface area contributed by atoms with Gasteiger partial charge in [0, 0.05) is 0 Å². The van der Waals surface area contributed by atoms with Crippen LogP contribution < -0.4 is 5.73 Å². The second-order valence-corrected chi connectivity index (χ2v) is 3.42. The second-order valence-electron chi connectivity index (χ2n) is 3.42. The van der Waals surface area contributed by atoms with E-state index in [9.17, 15) is 4.79 Å². The number of esters is 1. The SMILES string of the molecule is COC(=O)Cn1c(N)nc2c(C#N)cccc21. The van der Waals surface area contributed by atoms with Gasteiger partial charge >= 0.3 is 5.97 Å². The van der Waals surface area contributed by atoms with Crippen LogP contribution in [0.4, 0.5) is 5.95 Å². The molecule has 0 atom stereocenters. The molecule has 0 unspecified atom stereocenters. The molecular formula is C11H10N4O2. The Hall–Kier alpha value is -2.55. The molecule has 2 rings (SSSR count). The van der Waals surface area contributed by atoms with Gasteiger partial charge in [0.15, 0.2) is 0 Å². The van der Waals surface area contributed by atoms with Crippen LogP contribution in [0.3, 0.4) is 0 Å². The minimum Gasteiger partial charge on any atom is -0.468 e. The summed E-state index contributed by atoms with van der Waals surface area (Å²) in [7, 11) is 1.30. The maximum Gasteiger partial charge on any atom is 0.325 e. The molecule has 1 aromatic heterocycles. The highest BCUT2D eigenvalue weighted by atomic mass is 16.5. The third kappa shape index (κ3) is 1.78. The number of nitrogen functional groups attached to an aromatic ring is 1. The van der Waals surface area contributed by atoms with Crippen LogP contribution in [0.25, 0.3) is 11.0 Å². The summed E-state index contributed by atoms with van der Waals surface area (Å²) in [5, 5.41) is 8.93. The van der Waals surface area contributed by atoms with E-state index in [1.54, 1.807) is 18.2 Å². The van der Waals surface area contributed by atoms with Crippen LogP contribution >= 0.6 is 0 Å². The molecule has 0 fully saturated rings. The van der Waals surface area contributed by atoms with E-state index in [4.69, 9.17) is 11.0 Å². The third-order valence-electron chi connectivity index (χ3n) is 2.44. The summed E-state index contributed by atoms with van der Waals surface area (Å²) < 4.78 is 6.09. The van der Waals surface area contributed by atoms with Gasteiger partial charge in [0.1, 0.15) is 18.1 Å². The molecule has 2 N–H and O–H groups in total. The molecule has 0 bridgehead atoms. The summed E-state index contributed by atoms with van der Waals surface area (Å²) in [6.45, 7) is -0.0201. The quantitative estimate of drug-likeness (QED) is 0.765. The van der Waals surface area contributed by atoms with E-state index in [0.29, 0.717) is 16.6 Å². The molecule has 0 spiro atoms. The fourth-order valence-electron chi connectivity index (χ4n) is 1.61. The van der Waals surface area contributed by atoms with Crippen molar-refractivity contribution in [1.82, 2.24) is 9.55 Å². The highest BCUT2D eigenvalue weighted by Gasteiger charge is 2.13. The highest BCUT2D eigenvalue weighted by Crippen LogP contribution is 2.20. The summed E-state index contributed by atoms with van der Waals surface area (Å²) in [5.74, 6) is -0.230. The van der Waals surface area contributed by atoms with Crippen LogP contribution in [0.5, 0.6) is 0 Å². The largest absolute Gasteiger partial charge is 0.468 e. The Labute approximate surface area is 97.2 Å². The molecule has 0 saturated heterocycles. The number of carbonyl (C=O) groups is 1. The predicted molar refractivity (Wildman–Crippen MR) is 60.9 cm³/mol. The number of imidazole rings is 1. The van der Waals surface area contributed by atoms with E-state index >= 15 is 0 Å². The molecule has 0 amide bonds.